The number of rotatable bonds is 12. The van der Waals surface area contributed by atoms with Gasteiger partial charge >= 0.3 is 5.97 Å². The van der Waals surface area contributed by atoms with Crippen LogP contribution in [0.4, 0.5) is 0 Å². The quantitative estimate of drug-likeness (QED) is 0.240. The number of thioether (sulfide) groups is 2. The molecular weight excluding hydrogens is 372 g/mol. The number of fused-ring (bicyclic) bond motifs is 2. The van der Waals surface area contributed by atoms with Crippen LogP contribution in [0.2, 0.25) is 0 Å². The van der Waals surface area contributed by atoms with E-state index in [2.05, 4.69) is 54.2 Å². The Labute approximate surface area is 172 Å². The molecular formula is C23H32O2S2. The van der Waals surface area contributed by atoms with Gasteiger partial charge in [0.05, 0.1) is 0 Å². The Morgan fingerprint density at radius 1 is 1.07 bits per heavy atom. The second-order valence-corrected chi connectivity index (χ2v) is 10.4. The van der Waals surface area contributed by atoms with Crippen molar-refractivity contribution in [2.75, 3.05) is 5.75 Å². The number of aliphatic carboxylic acids is 1. The summed E-state index contributed by atoms with van der Waals surface area (Å²) in [5, 5.41) is 10.5. The van der Waals surface area contributed by atoms with Gasteiger partial charge in [-0.1, -0.05) is 36.8 Å². The van der Waals surface area contributed by atoms with Crippen LogP contribution in [0.5, 0.6) is 0 Å². The summed E-state index contributed by atoms with van der Waals surface area (Å²) < 4.78 is 0. The summed E-state index contributed by atoms with van der Waals surface area (Å²) in [6.07, 6.45) is 14.6. The van der Waals surface area contributed by atoms with E-state index in [4.69, 9.17) is 5.11 Å². The Kier molecular flexibility index (Phi) is 8.66. The summed E-state index contributed by atoms with van der Waals surface area (Å²) in [7, 11) is 0. The Morgan fingerprint density at radius 3 is 2.63 bits per heavy atom. The predicted molar refractivity (Wildman–Crippen MR) is 118 cm³/mol. The van der Waals surface area contributed by atoms with Gasteiger partial charge in [-0.3, -0.25) is 4.79 Å². The van der Waals surface area contributed by atoms with Crippen LogP contribution in [0, 0.1) is 11.8 Å². The lowest BCUT2D eigenvalue weighted by atomic mass is 9.75. The molecule has 4 heteroatoms. The Morgan fingerprint density at radius 2 is 1.85 bits per heavy atom. The third-order valence-corrected chi connectivity index (χ3v) is 8.84. The zero-order valence-corrected chi connectivity index (χ0v) is 17.7. The molecule has 1 aromatic rings. The first kappa shape index (κ1) is 20.9. The monoisotopic (exact) mass is 404 g/mol. The van der Waals surface area contributed by atoms with Crippen molar-refractivity contribution in [2.24, 2.45) is 11.8 Å². The van der Waals surface area contributed by atoms with Crippen LogP contribution < -0.4 is 0 Å². The minimum absolute atomic E-state index is 0.290. The van der Waals surface area contributed by atoms with Crippen LogP contribution in [0.3, 0.4) is 0 Å². The van der Waals surface area contributed by atoms with Crippen molar-refractivity contribution in [3.8, 4) is 0 Å². The predicted octanol–water partition coefficient (Wildman–Crippen LogP) is 6.66. The molecule has 2 bridgehead atoms. The normalized spacial score (nSPS) is 26.8. The van der Waals surface area contributed by atoms with Gasteiger partial charge in [0.1, 0.15) is 0 Å². The minimum atomic E-state index is -0.682. The van der Waals surface area contributed by atoms with Gasteiger partial charge in [0.15, 0.2) is 0 Å². The fourth-order valence-corrected chi connectivity index (χ4v) is 7.51. The van der Waals surface area contributed by atoms with Gasteiger partial charge in [-0.25, -0.2) is 0 Å². The SMILES string of the molecule is O=C(O)CCCC=CC[C@@H]1[C@H](CCCCSc2ccccc2)[C@@H]2CC[C@H]1S2. The number of allylic oxidation sites excluding steroid dienone is 2. The molecule has 148 valence electrons. The maximum atomic E-state index is 10.6. The molecule has 27 heavy (non-hydrogen) atoms. The van der Waals surface area contributed by atoms with E-state index in [0.717, 1.165) is 35.2 Å². The number of carboxylic acids is 1. The van der Waals surface area contributed by atoms with Crippen LogP contribution >= 0.6 is 23.5 Å². The van der Waals surface area contributed by atoms with Gasteiger partial charge < -0.3 is 5.11 Å². The molecule has 0 aliphatic carbocycles. The maximum absolute atomic E-state index is 10.6. The topological polar surface area (TPSA) is 37.3 Å². The number of hydrogen-bond donors (Lipinski definition) is 1. The van der Waals surface area contributed by atoms with Crippen molar-refractivity contribution in [3.63, 3.8) is 0 Å². The molecule has 3 rings (SSSR count). The average Bonchev–Trinajstić information content (AvgIpc) is 3.27. The second-order valence-electron chi connectivity index (χ2n) is 7.77. The molecule has 0 spiro atoms. The third kappa shape index (κ3) is 6.60. The van der Waals surface area contributed by atoms with Crippen LogP contribution in [0.25, 0.3) is 0 Å². The highest BCUT2D eigenvalue weighted by Crippen LogP contribution is 2.55. The molecule has 2 fully saturated rings. The molecule has 0 saturated carbocycles. The first-order chi connectivity index (χ1) is 13.2. The molecule has 2 aliphatic heterocycles. The number of carboxylic acid groups (broad SMARTS) is 1. The van der Waals surface area contributed by atoms with Gasteiger partial charge in [0.25, 0.3) is 0 Å². The van der Waals surface area contributed by atoms with Crippen LogP contribution in [0.1, 0.15) is 57.8 Å². The largest absolute Gasteiger partial charge is 0.481 e. The zero-order valence-electron chi connectivity index (χ0n) is 16.1. The highest BCUT2D eigenvalue weighted by atomic mass is 32.2. The van der Waals surface area contributed by atoms with Crippen LogP contribution in [0.15, 0.2) is 47.4 Å². The average molecular weight is 405 g/mol. The van der Waals surface area contributed by atoms with Crippen molar-refractivity contribution in [1.82, 2.24) is 0 Å². The van der Waals surface area contributed by atoms with E-state index in [0.29, 0.717) is 0 Å². The van der Waals surface area contributed by atoms with E-state index in [1.165, 1.54) is 49.2 Å². The number of hydrogen-bond acceptors (Lipinski definition) is 3. The molecule has 0 unspecified atom stereocenters. The van der Waals surface area contributed by atoms with E-state index < -0.39 is 5.97 Å². The Bertz CT molecular complexity index is 602. The minimum Gasteiger partial charge on any atom is -0.481 e. The number of unbranched alkanes of at least 4 members (excludes halogenated alkanes) is 2. The first-order valence-corrected chi connectivity index (χ1v) is 12.4. The molecule has 0 radical (unpaired) electrons. The molecule has 0 amide bonds. The lowest BCUT2D eigenvalue weighted by Crippen LogP contribution is -2.26. The van der Waals surface area contributed by atoms with E-state index >= 15 is 0 Å². The number of carbonyl (C=O) groups is 1. The van der Waals surface area contributed by atoms with E-state index in [9.17, 15) is 4.79 Å². The summed E-state index contributed by atoms with van der Waals surface area (Å²) in [4.78, 5) is 12.0. The molecule has 1 N–H and O–H groups in total. The second kappa shape index (κ2) is 11.2. The highest BCUT2D eigenvalue weighted by Gasteiger charge is 2.46. The number of benzene rings is 1. The lowest BCUT2D eigenvalue weighted by molar-refractivity contribution is -0.137. The van der Waals surface area contributed by atoms with Crippen LogP contribution in [-0.2, 0) is 4.79 Å². The van der Waals surface area contributed by atoms with Crippen LogP contribution in [-0.4, -0.2) is 27.3 Å². The third-order valence-electron chi connectivity index (χ3n) is 5.87. The summed E-state index contributed by atoms with van der Waals surface area (Å²) in [5.74, 6) is 2.30. The summed E-state index contributed by atoms with van der Waals surface area (Å²) >= 11 is 4.25. The van der Waals surface area contributed by atoms with Crippen molar-refractivity contribution in [2.45, 2.75) is 73.2 Å². The molecule has 4 atom stereocenters. The fourth-order valence-electron chi connectivity index (χ4n) is 4.53. The van der Waals surface area contributed by atoms with Gasteiger partial charge in [0.2, 0.25) is 0 Å². The lowest BCUT2D eigenvalue weighted by Gasteiger charge is -2.29. The van der Waals surface area contributed by atoms with Crippen molar-refractivity contribution in [3.05, 3.63) is 42.5 Å². The van der Waals surface area contributed by atoms with Gasteiger partial charge in [-0.05, 0) is 74.7 Å². The van der Waals surface area contributed by atoms with Gasteiger partial charge in [-0.2, -0.15) is 11.8 Å². The fraction of sp³-hybridized carbons (Fsp3) is 0.609. The van der Waals surface area contributed by atoms with Gasteiger partial charge in [0, 0.05) is 21.8 Å². The standard InChI is InChI=1S/C23H32O2S2/c24-23(25)14-7-2-1-6-12-19-20(22-16-15-21(19)27-22)13-8-9-17-26-18-10-4-3-5-11-18/h1,3-6,10-11,19-22H,2,7-9,12-17H2,(H,24,25)/t19-,20+,21-,22+/m1/s1. The highest BCUT2D eigenvalue weighted by molar-refractivity contribution is 8.01. The van der Waals surface area contributed by atoms with Crippen molar-refractivity contribution in [1.29, 1.82) is 0 Å². The van der Waals surface area contributed by atoms with E-state index in [-0.39, 0.29) is 6.42 Å². The van der Waals surface area contributed by atoms with Gasteiger partial charge in [-0.15, -0.1) is 11.8 Å². The Balaban J connectivity index is 1.35. The molecule has 0 aromatic heterocycles. The summed E-state index contributed by atoms with van der Waals surface area (Å²) in [5.41, 5.74) is 0. The molecule has 2 aliphatic rings. The molecule has 2 saturated heterocycles. The van der Waals surface area contributed by atoms with E-state index in [1.54, 1.807) is 0 Å². The maximum Gasteiger partial charge on any atom is 0.303 e. The van der Waals surface area contributed by atoms with E-state index in [1.807, 2.05) is 11.8 Å². The summed E-state index contributed by atoms with van der Waals surface area (Å²) in [6.45, 7) is 0. The Hall–Kier alpha value is -0.870. The molecule has 2 heterocycles. The summed E-state index contributed by atoms with van der Waals surface area (Å²) in [6, 6.07) is 10.7. The van der Waals surface area contributed by atoms with Crippen molar-refractivity contribution < 1.29 is 9.90 Å². The molecule has 1 aromatic carbocycles. The first-order valence-electron chi connectivity index (χ1n) is 10.4. The van der Waals surface area contributed by atoms with Crippen molar-refractivity contribution >= 4 is 29.5 Å². The zero-order chi connectivity index (χ0) is 18.9. The molecule has 2 nitrogen and oxygen atoms in total. The smallest absolute Gasteiger partial charge is 0.303 e.